The molecule has 8 nitrogen and oxygen atoms in total. The first kappa shape index (κ1) is 14.6. The molecule has 0 aliphatic rings. The molecule has 0 saturated carbocycles. The van der Waals surface area contributed by atoms with Gasteiger partial charge in [-0.15, -0.1) is 5.10 Å². The molecule has 1 atom stereocenters. The Kier molecular flexibility index (Phi) is 4.80. The summed E-state index contributed by atoms with van der Waals surface area (Å²) < 4.78 is 8.56. The van der Waals surface area contributed by atoms with Gasteiger partial charge in [-0.3, -0.25) is 4.68 Å². The predicted molar refractivity (Wildman–Crippen MR) is 73.6 cm³/mol. The van der Waals surface area contributed by atoms with Crippen molar-refractivity contribution in [3.05, 3.63) is 17.7 Å². The summed E-state index contributed by atoms with van der Waals surface area (Å²) >= 11 is 0. The Morgan fingerprint density at radius 1 is 1.45 bits per heavy atom. The van der Waals surface area contributed by atoms with E-state index in [2.05, 4.69) is 32.9 Å². The molecular weight excluding hydrogens is 258 g/mol. The van der Waals surface area contributed by atoms with E-state index in [0.717, 1.165) is 30.2 Å². The van der Waals surface area contributed by atoms with Crippen LogP contribution in [0.1, 0.15) is 31.4 Å². The van der Waals surface area contributed by atoms with Crippen molar-refractivity contribution in [2.24, 2.45) is 7.05 Å². The summed E-state index contributed by atoms with van der Waals surface area (Å²) in [6.45, 7) is 5.49. The second-order valence-electron chi connectivity index (χ2n) is 4.61. The van der Waals surface area contributed by atoms with E-state index in [1.165, 1.54) is 0 Å². The van der Waals surface area contributed by atoms with Gasteiger partial charge < -0.3 is 10.1 Å². The zero-order valence-electron chi connectivity index (χ0n) is 12.4. The molecule has 0 fully saturated rings. The van der Waals surface area contributed by atoms with Crippen molar-refractivity contribution >= 4 is 0 Å². The molecule has 2 rings (SSSR count). The van der Waals surface area contributed by atoms with Crippen molar-refractivity contribution in [1.82, 2.24) is 35.3 Å². The van der Waals surface area contributed by atoms with E-state index in [1.807, 2.05) is 20.2 Å². The number of hydrogen-bond acceptors (Lipinski definition) is 6. The van der Waals surface area contributed by atoms with Crippen LogP contribution in [0.4, 0.5) is 0 Å². The van der Waals surface area contributed by atoms with E-state index >= 15 is 0 Å². The third-order valence-corrected chi connectivity index (χ3v) is 3.08. The highest BCUT2D eigenvalue weighted by Crippen LogP contribution is 2.17. The molecule has 20 heavy (non-hydrogen) atoms. The van der Waals surface area contributed by atoms with Crippen LogP contribution in [-0.4, -0.2) is 50.2 Å². The number of aromatic nitrogens is 6. The molecule has 8 heteroatoms. The fraction of sp³-hybridized carbons (Fsp3) is 0.667. The topological polar surface area (TPSA) is 82.7 Å². The minimum absolute atomic E-state index is 0.0325. The maximum atomic E-state index is 5.03. The van der Waals surface area contributed by atoms with Crippen LogP contribution in [0.3, 0.4) is 0 Å². The Morgan fingerprint density at radius 3 is 2.95 bits per heavy atom. The van der Waals surface area contributed by atoms with Crippen LogP contribution in [0.2, 0.25) is 0 Å². The van der Waals surface area contributed by atoms with Crippen LogP contribution in [0.15, 0.2) is 6.20 Å². The number of tetrazole rings is 1. The minimum atomic E-state index is 0.0325. The largest absolute Gasteiger partial charge is 0.383 e. The van der Waals surface area contributed by atoms with Crippen molar-refractivity contribution in [3.63, 3.8) is 0 Å². The molecule has 0 aromatic carbocycles. The molecule has 2 heterocycles. The van der Waals surface area contributed by atoms with E-state index in [4.69, 9.17) is 4.74 Å². The van der Waals surface area contributed by atoms with Gasteiger partial charge in [0.15, 0.2) is 5.82 Å². The molecule has 0 spiro atoms. The fourth-order valence-corrected chi connectivity index (χ4v) is 2.06. The Bertz CT molecular complexity index is 548. The molecule has 0 radical (unpaired) electrons. The van der Waals surface area contributed by atoms with Crippen molar-refractivity contribution in [1.29, 1.82) is 0 Å². The minimum Gasteiger partial charge on any atom is -0.383 e. The zero-order valence-corrected chi connectivity index (χ0v) is 12.4. The Hall–Kier alpha value is -1.80. The van der Waals surface area contributed by atoms with Crippen LogP contribution in [0.25, 0.3) is 5.69 Å². The van der Waals surface area contributed by atoms with Crippen LogP contribution < -0.4 is 5.32 Å². The average molecular weight is 279 g/mol. The summed E-state index contributed by atoms with van der Waals surface area (Å²) in [5.41, 5.74) is 1.90. The fourth-order valence-electron chi connectivity index (χ4n) is 2.06. The van der Waals surface area contributed by atoms with E-state index in [1.54, 1.807) is 16.5 Å². The first-order chi connectivity index (χ1) is 9.67. The number of rotatable bonds is 7. The van der Waals surface area contributed by atoms with Gasteiger partial charge in [-0.05, 0) is 23.8 Å². The van der Waals surface area contributed by atoms with Crippen molar-refractivity contribution < 1.29 is 4.74 Å². The summed E-state index contributed by atoms with van der Waals surface area (Å²) in [5.74, 6) is 0.767. The van der Waals surface area contributed by atoms with Crippen LogP contribution in [-0.2, 0) is 18.2 Å². The molecule has 0 bridgehead atoms. The van der Waals surface area contributed by atoms with Gasteiger partial charge >= 0.3 is 0 Å². The van der Waals surface area contributed by atoms with Crippen LogP contribution >= 0.6 is 0 Å². The smallest absolute Gasteiger partial charge is 0.173 e. The van der Waals surface area contributed by atoms with Gasteiger partial charge in [0, 0.05) is 20.7 Å². The van der Waals surface area contributed by atoms with E-state index in [-0.39, 0.29) is 6.04 Å². The third kappa shape index (κ3) is 3.02. The summed E-state index contributed by atoms with van der Waals surface area (Å²) in [4.78, 5) is 0. The summed E-state index contributed by atoms with van der Waals surface area (Å²) in [6, 6.07) is 0.0325. The third-order valence-electron chi connectivity index (χ3n) is 3.08. The quantitative estimate of drug-likeness (QED) is 0.732. The maximum absolute atomic E-state index is 5.03. The molecular formula is C12H21N7O. The lowest BCUT2D eigenvalue weighted by Crippen LogP contribution is -2.25. The second kappa shape index (κ2) is 6.58. The van der Waals surface area contributed by atoms with Gasteiger partial charge in [0.05, 0.1) is 24.5 Å². The van der Waals surface area contributed by atoms with Gasteiger partial charge in [0.1, 0.15) is 5.69 Å². The molecule has 0 amide bonds. The van der Waals surface area contributed by atoms with E-state index in [0.29, 0.717) is 6.61 Å². The molecule has 0 aliphatic carbocycles. The zero-order chi connectivity index (χ0) is 14.5. The van der Waals surface area contributed by atoms with Gasteiger partial charge in [-0.2, -0.15) is 9.78 Å². The molecule has 0 aliphatic heterocycles. The Balaban J connectivity index is 2.23. The number of methoxy groups -OCH3 is 1. The molecule has 1 unspecified atom stereocenters. The highest BCUT2D eigenvalue weighted by atomic mass is 16.5. The molecule has 0 saturated heterocycles. The standard InChI is InChI=1S/C12H21N7O/c1-5-10-11(8-18(3)15-10)19-12(14-16-17-19)9(2)13-6-7-20-4/h8-9,13H,5-7H2,1-4H3. The molecule has 2 aromatic heterocycles. The number of nitrogens with one attached hydrogen (secondary N) is 1. The maximum Gasteiger partial charge on any atom is 0.173 e. The number of hydrogen-bond donors (Lipinski definition) is 1. The number of aryl methyl sites for hydroxylation is 2. The first-order valence-electron chi connectivity index (χ1n) is 6.70. The van der Waals surface area contributed by atoms with Gasteiger partial charge in [0.2, 0.25) is 0 Å². The summed E-state index contributed by atoms with van der Waals surface area (Å²) in [5, 5.41) is 19.7. The number of ether oxygens (including phenoxy) is 1. The SMILES string of the molecule is CCc1nn(C)cc1-n1nnnc1C(C)NCCOC. The highest BCUT2D eigenvalue weighted by Gasteiger charge is 2.18. The lowest BCUT2D eigenvalue weighted by Gasteiger charge is -2.12. The van der Waals surface area contributed by atoms with Crippen LogP contribution in [0.5, 0.6) is 0 Å². The normalized spacial score (nSPS) is 12.8. The van der Waals surface area contributed by atoms with E-state index in [9.17, 15) is 0 Å². The first-order valence-corrected chi connectivity index (χ1v) is 6.70. The van der Waals surface area contributed by atoms with Crippen LogP contribution in [0, 0.1) is 0 Å². The van der Waals surface area contributed by atoms with Gasteiger partial charge in [-0.1, -0.05) is 6.92 Å². The number of nitrogens with zero attached hydrogens (tertiary/aromatic N) is 6. The van der Waals surface area contributed by atoms with Crippen molar-refractivity contribution in [3.8, 4) is 5.69 Å². The molecule has 110 valence electrons. The molecule has 1 N–H and O–H groups in total. The van der Waals surface area contributed by atoms with Gasteiger partial charge in [-0.25, -0.2) is 0 Å². The average Bonchev–Trinajstić information content (AvgIpc) is 3.04. The monoisotopic (exact) mass is 279 g/mol. The van der Waals surface area contributed by atoms with Gasteiger partial charge in [0.25, 0.3) is 0 Å². The van der Waals surface area contributed by atoms with E-state index < -0.39 is 0 Å². The van der Waals surface area contributed by atoms with Crippen molar-refractivity contribution in [2.75, 3.05) is 20.3 Å². The predicted octanol–water partition coefficient (Wildman–Crippen LogP) is 0.255. The summed E-state index contributed by atoms with van der Waals surface area (Å²) in [6.07, 6.45) is 2.77. The Labute approximate surface area is 118 Å². The lowest BCUT2D eigenvalue weighted by molar-refractivity contribution is 0.196. The second-order valence-corrected chi connectivity index (χ2v) is 4.61. The highest BCUT2D eigenvalue weighted by molar-refractivity contribution is 5.34. The Morgan fingerprint density at radius 2 is 2.25 bits per heavy atom. The summed E-state index contributed by atoms with van der Waals surface area (Å²) in [7, 11) is 3.58. The lowest BCUT2D eigenvalue weighted by atomic mass is 10.2. The molecule has 2 aromatic rings. The van der Waals surface area contributed by atoms with Crippen molar-refractivity contribution in [2.45, 2.75) is 26.3 Å².